The van der Waals surface area contributed by atoms with Crippen LogP contribution in [-0.2, 0) is 12.8 Å². The number of hydrogen-bond acceptors (Lipinski definition) is 1. The molecule has 0 unspecified atom stereocenters. The first-order chi connectivity index (χ1) is 16.8. The second-order valence-corrected chi connectivity index (χ2v) is 21.1. The van der Waals surface area contributed by atoms with Crippen LogP contribution in [0.15, 0.2) is 120 Å². The Balaban J connectivity index is 1.83. The summed E-state index contributed by atoms with van der Waals surface area (Å²) < 4.78 is 6.14. The average molecular weight is 563 g/mol. The summed E-state index contributed by atoms with van der Waals surface area (Å²) in [4.78, 5) is 1.45. The van der Waals surface area contributed by atoms with Crippen LogP contribution in [0.2, 0.25) is 0 Å². The monoisotopic (exact) mass is 564 g/mol. The number of thioether (sulfide) groups is 1. The minimum atomic E-state index is -3.65. The van der Waals surface area contributed by atoms with Gasteiger partial charge in [0.25, 0.3) is 0 Å². The van der Waals surface area contributed by atoms with Crippen LogP contribution in [0.1, 0.15) is 18.1 Å². The Hall–Kier alpha value is -2.49. The predicted molar refractivity (Wildman–Crippen MR) is 151 cm³/mol. The van der Waals surface area contributed by atoms with E-state index in [-0.39, 0.29) is 0 Å². The molecule has 166 valence electrons. The van der Waals surface area contributed by atoms with Gasteiger partial charge in [-0.25, -0.2) is 0 Å². The summed E-state index contributed by atoms with van der Waals surface area (Å²) >= 11 is -1.66. The van der Waals surface area contributed by atoms with Gasteiger partial charge in [0.2, 0.25) is 0 Å². The summed E-state index contributed by atoms with van der Waals surface area (Å²) in [6, 6.07) is 44.0. The third kappa shape index (κ3) is 3.44. The maximum absolute atomic E-state index is 3.65. The standard InChI is InChI=1S/C14H13S.3C6H5.Sn/c1-2-15-13-9-8-11-7-6-10-4-3-5-12(13)14(10)11;3*1-2-4-6-5-3-1;/h3-4,8-9H,2,6-7H2,1H3;3*1-5H;. The Morgan fingerprint density at radius 1 is 0.559 bits per heavy atom. The Labute approximate surface area is 210 Å². The minimum absolute atomic E-state index is 1.09. The fourth-order valence-electron chi connectivity index (χ4n) is 5.92. The van der Waals surface area contributed by atoms with Gasteiger partial charge in [0.1, 0.15) is 0 Å². The summed E-state index contributed by atoms with van der Waals surface area (Å²) in [5.74, 6) is 1.09. The van der Waals surface area contributed by atoms with Crippen molar-refractivity contribution < 1.29 is 0 Å². The van der Waals surface area contributed by atoms with Gasteiger partial charge < -0.3 is 0 Å². The van der Waals surface area contributed by atoms with Crippen molar-refractivity contribution in [2.24, 2.45) is 0 Å². The van der Waals surface area contributed by atoms with E-state index in [2.05, 4.69) is 122 Å². The Bertz CT molecular complexity index is 1340. The van der Waals surface area contributed by atoms with Crippen molar-refractivity contribution in [2.45, 2.75) is 24.7 Å². The zero-order valence-electron chi connectivity index (χ0n) is 19.5. The molecule has 5 aromatic rings. The molecule has 0 spiro atoms. The number of hydrogen-bond donors (Lipinski definition) is 0. The van der Waals surface area contributed by atoms with Gasteiger partial charge in [-0.1, -0.05) is 0 Å². The zero-order valence-corrected chi connectivity index (χ0v) is 23.2. The molecule has 0 nitrogen and oxygen atoms in total. The Kier molecular flexibility index (Phi) is 6.00. The summed E-state index contributed by atoms with van der Waals surface area (Å²) in [6.07, 6.45) is 2.33. The summed E-state index contributed by atoms with van der Waals surface area (Å²) in [5, 5.41) is 3.08. The molecule has 0 saturated carbocycles. The van der Waals surface area contributed by atoms with Crippen molar-refractivity contribution in [2.75, 3.05) is 5.75 Å². The summed E-state index contributed by atoms with van der Waals surface area (Å²) in [5.41, 5.74) is 3.06. The van der Waals surface area contributed by atoms with Crippen molar-refractivity contribution in [3.8, 4) is 0 Å². The quantitative estimate of drug-likeness (QED) is 0.196. The van der Waals surface area contributed by atoms with Gasteiger partial charge in [-0.3, -0.25) is 0 Å². The van der Waals surface area contributed by atoms with Crippen LogP contribution in [0.4, 0.5) is 0 Å². The molecule has 1 aliphatic rings. The Morgan fingerprint density at radius 2 is 1.03 bits per heavy atom. The molecule has 0 aliphatic heterocycles. The van der Waals surface area contributed by atoms with Crippen molar-refractivity contribution in [1.82, 2.24) is 0 Å². The third-order valence-electron chi connectivity index (χ3n) is 7.28. The molecule has 2 heteroatoms. The molecule has 0 aromatic heterocycles. The van der Waals surface area contributed by atoms with Gasteiger partial charge in [0.05, 0.1) is 0 Å². The van der Waals surface area contributed by atoms with Crippen LogP contribution in [0, 0.1) is 0 Å². The predicted octanol–water partition coefficient (Wildman–Crippen LogP) is 5.43. The van der Waals surface area contributed by atoms with E-state index in [1.54, 1.807) is 8.97 Å². The molecule has 0 fully saturated rings. The van der Waals surface area contributed by atoms with Crippen LogP contribution >= 0.6 is 11.8 Å². The van der Waals surface area contributed by atoms with E-state index in [1.165, 1.54) is 32.1 Å². The second kappa shape index (κ2) is 9.28. The SMILES string of the molecule is CCSc1ccc2c3c(cc[c]([Sn]([c]4ccccc4)([c]4ccccc4)[c]4ccccc4)c13)CC2. The van der Waals surface area contributed by atoms with E-state index < -0.39 is 18.4 Å². The van der Waals surface area contributed by atoms with Crippen molar-refractivity contribution >= 4 is 55.2 Å². The fourth-order valence-corrected chi connectivity index (χ4v) is 21.2. The Morgan fingerprint density at radius 3 is 1.50 bits per heavy atom. The van der Waals surface area contributed by atoms with E-state index >= 15 is 0 Å². The molecule has 0 heterocycles. The van der Waals surface area contributed by atoms with E-state index in [4.69, 9.17) is 0 Å². The van der Waals surface area contributed by atoms with Crippen molar-refractivity contribution in [1.29, 1.82) is 0 Å². The topological polar surface area (TPSA) is 0 Å². The third-order valence-corrected chi connectivity index (χ3v) is 22.0. The molecule has 0 saturated heterocycles. The van der Waals surface area contributed by atoms with E-state index in [0.717, 1.165) is 18.6 Å². The maximum atomic E-state index is 2.52. The first-order valence-electron chi connectivity index (χ1n) is 12.2. The summed E-state index contributed by atoms with van der Waals surface area (Å²) in [7, 11) is 0. The first-order valence-corrected chi connectivity index (χ1v) is 18.9. The molecule has 6 rings (SSSR count). The average Bonchev–Trinajstić information content (AvgIpc) is 3.33. The number of aryl methyl sites for hydroxylation is 2. The summed E-state index contributed by atoms with van der Waals surface area (Å²) in [6.45, 7) is 2.27. The number of rotatable bonds is 6. The molecule has 0 bridgehead atoms. The zero-order chi connectivity index (χ0) is 23.0. The second-order valence-electron chi connectivity index (χ2n) is 9.03. The molecule has 5 aromatic carbocycles. The molecule has 0 amide bonds. The molecule has 1 aliphatic carbocycles. The van der Waals surface area contributed by atoms with Crippen molar-refractivity contribution in [3.63, 3.8) is 0 Å². The number of benzene rings is 5. The van der Waals surface area contributed by atoms with Gasteiger partial charge in [0.15, 0.2) is 0 Å². The molecule has 0 atom stereocenters. The van der Waals surface area contributed by atoms with Gasteiger partial charge in [-0.05, 0) is 0 Å². The fraction of sp³-hybridized carbons (Fsp3) is 0.125. The van der Waals surface area contributed by atoms with Crippen LogP contribution < -0.4 is 14.3 Å². The molecule has 0 radical (unpaired) electrons. The van der Waals surface area contributed by atoms with Gasteiger partial charge in [0, 0.05) is 0 Å². The van der Waals surface area contributed by atoms with Crippen LogP contribution in [-0.4, -0.2) is 24.1 Å². The molecule has 34 heavy (non-hydrogen) atoms. The normalized spacial score (nSPS) is 12.9. The van der Waals surface area contributed by atoms with Crippen LogP contribution in [0.5, 0.6) is 0 Å². The van der Waals surface area contributed by atoms with E-state index in [1.807, 2.05) is 11.8 Å². The molecular formula is C32H28SSn. The molecular weight excluding hydrogens is 535 g/mol. The van der Waals surface area contributed by atoms with Gasteiger partial charge in [-0.15, -0.1) is 0 Å². The van der Waals surface area contributed by atoms with Crippen LogP contribution in [0.25, 0.3) is 10.8 Å². The van der Waals surface area contributed by atoms with Crippen LogP contribution in [0.3, 0.4) is 0 Å². The van der Waals surface area contributed by atoms with E-state index in [9.17, 15) is 0 Å². The first kappa shape index (κ1) is 22.0. The van der Waals surface area contributed by atoms with Gasteiger partial charge >= 0.3 is 212 Å². The van der Waals surface area contributed by atoms with Crippen molar-refractivity contribution in [3.05, 3.63) is 126 Å². The van der Waals surface area contributed by atoms with Gasteiger partial charge in [-0.2, -0.15) is 0 Å². The molecule has 0 N–H and O–H groups in total. The van der Waals surface area contributed by atoms with E-state index in [0.29, 0.717) is 0 Å².